The number of esters is 1. The summed E-state index contributed by atoms with van der Waals surface area (Å²) in [6, 6.07) is 11.5. The molecule has 1 fully saturated rings. The van der Waals surface area contributed by atoms with Gasteiger partial charge in [-0.2, -0.15) is 5.26 Å². The van der Waals surface area contributed by atoms with E-state index in [4.69, 9.17) is 20.5 Å². The first-order valence-electron chi connectivity index (χ1n) is 15.6. The van der Waals surface area contributed by atoms with E-state index < -0.39 is 41.1 Å². The van der Waals surface area contributed by atoms with Gasteiger partial charge < -0.3 is 25.0 Å². The van der Waals surface area contributed by atoms with Gasteiger partial charge in [0.15, 0.2) is 0 Å². The summed E-state index contributed by atoms with van der Waals surface area (Å²) in [4.78, 5) is 45.7. The molecule has 2 aromatic carbocycles. The van der Waals surface area contributed by atoms with E-state index in [0.29, 0.717) is 35.2 Å². The molecule has 1 aromatic heterocycles. The molecule has 2 amide bonds. The van der Waals surface area contributed by atoms with Crippen LogP contribution in [0.4, 0.5) is 14.5 Å². The number of carbonyl (C=O) groups excluding carboxylic acids is 3. The van der Waals surface area contributed by atoms with Crippen LogP contribution < -0.4 is 15.4 Å². The van der Waals surface area contributed by atoms with Crippen molar-refractivity contribution in [3.8, 4) is 11.8 Å². The molecular formula is C35H37F2N5O5S. The quantitative estimate of drug-likeness (QED) is 0.261. The van der Waals surface area contributed by atoms with Crippen LogP contribution in [0.3, 0.4) is 0 Å². The Kier molecular flexibility index (Phi) is 10.5. The van der Waals surface area contributed by atoms with Crippen LogP contribution in [0.1, 0.15) is 73.5 Å². The summed E-state index contributed by atoms with van der Waals surface area (Å²) in [5.41, 5.74) is 6.96. The minimum atomic E-state index is -1.09. The van der Waals surface area contributed by atoms with Crippen molar-refractivity contribution in [2.24, 2.45) is 5.73 Å². The van der Waals surface area contributed by atoms with Gasteiger partial charge in [0.1, 0.15) is 35.6 Å². The summed E-state index contributed by atoms with van der Waals surface area (Å²) in [6.45, 7) is 6.60. The van der Waals surface area contributed by atoms with Gasteiger partial charge in [-0.1, -0.05) is 6.07 Å². The number of primary amides is 1. The Labute approximate surface area is 282 Å². The van der Waals surface area contributed by atoms with Crippen LogP contribution in [-0.2, 0) is 27.5 Å². The standard InChI is InChI=1S/C35H37F2N5O5S/c1-35(2,3)47-32(43)9-7-29(33(39)44)42-19-26-25(34(42)45)15-23(36)16-30(26)46-20-22-5-8-31(40-18-22)48-24-10-12-41(13-11-24)28-6-4-21(17-38)14-27(28)37/h4-6,8,14-16,18,24,29H,7,9-13,19-20H2,1-3H3,(H2,39,44)/t29-/m1/s1. The molecule has 0 radical (unpaired) electrons. The van der Waals surface area contributed by atoms with Gasteiger partial charge in [-0.05, 0) is 70.4 Å². The van der Waals surface area contributed by atoms with E-state index in [0.717, 1.165) is 29.5 Å². The zero-order chi connectivity index (χ0) is 34.6. The third-order valence-electron chi connectivity index (χ3n) is 8.08. The van der Waals surface area contributed by atoms with E-state index in [1.807, 2.05) is 23.1 Å². The maximum Gasteiger partial charge on any atom is 0.306 e. The molecule has 48 heavy (non-hydrogen) atoms. The third kappa shape index (κ3) is 8.41. The number of anilines is 1. The van der Waals surface area contributed by atoms with Crippen LogP contribution in [-0.4, -0.2) is 57.6 Å². The SMILES string of the molecule is CC(C)(C)OC(=O)CC[C@H](C(N)=O)N1Cc2c(OCc3ccc(SC4CCN(c5ccc(C#N)cc5F)CC4)nc3)cc(F)cc2C1=O. The van der Waals surface area contributed by atoms with Crippen molar-refractivity contribution in [2.75, 3.05) is 18.0 Å². The average Bonchev–Trinajstić information content (AvgIpc) is 3.35. The van der Waals surface area contributed by atoms with Gasteiger partial charge in [-0.3, -0.25) is 14.4 Å². The molecule has 2 aliphatic rings. The summed E-state index contributed by atoms with van der Waals surface area (Å²) < 4.78 is 40.4. The Bertz CT molecular complexity index is 1730. The maximum atomic E-state index is 14.6. The summed E-state index contributed by atoms with van der Waals surface area (Å²) in [5.74, 6) is -2.76. The fourth-order valence-corrected chi connectivity index (χ4v) is 6.84. The minimum absolute atomic E-state index is 0.0316. The lowest BCUT2D eigenvalue weighted by atomic mass is 10.1. The van der Waals surface area contributed by atoms with Gasteiger partial charge in [0.25, 0.3) is 5.91 Å². The maximum absolute atomic E-state index is 14.6. The van der Waals surface area contributed by atoms with Gasteiger partial charge in [0, 0.05) is 48.2 Å². The third-order valence-corrected chi connectivity index (χ3v) is 9.37. The molecule has 0 unspecified atom stereocenters. The number of rotatable bonds is 11. The number of carbonyl (C=O) groups is 3. The Balaban J connectivity index is 1.16. The fraction of sp³-hybridized carbons (Fsp3) is 0.400. The second-order valence-corrected chi connectivity index (χ2v) is 14.1. The number of pyridine rings is 1. The first-order valence-corrected chi connectivity index (χ1v) is 16.5. The number of benzene rings is 2. The first-order chi connectivity index (χ1) is 22.8. The Morgan fingerprint density at radius 1 is 1.15 bits per heavy atom. The number of fused-ring (bicyclic) bond motifs is 1. The summed E-state index contributed by atoms with van der Waals surface area (Å²) in [5, 5.41) is 10.1. The van der Waals surface area contributed by atoms with Gasteiger partial charge in [-0.15, -0.1) is 11.8 Å². The number of nitrogens with zero attached hydrogens (tertiary/aromatic N) is 4. The number of aromatic nitrogens is 1. The monoisotopic (exact) mass is 677 g/mol. The van der Waals surface area contributed by atoms with Gasteiger partial charge in [0.2, 0.25) is 5.91 Å². The van der Waals surface area contributed by atoms with Crippen molar-refractivity contribution in [3.63, 3.8) is 0 Å². The van der Waals surface area contributed by atoms with Gasteiger partial charge in [0.05, 0.1) is 34.5 Å². The van der Waals surface area contributed by atoms with Crippen LogP contribution in [0.2, 0.25) is 0 Å². The van der Waals surface area contributed by atoms with E-state index in [1.54, 1.807) is 50.9 Å². The van der Waals surface area contributed by atoms with Crippen LogP contribution in [0.5, 0.6) is 5.75 Å². The number of nitrogens with two attached hydrogens (primary N) is 1. The molecule has 2 aliphatic heterocycles. The van der Waals surface area contributed by atoms with Crippen molar-refractivity contribution in [2.45, 2.75) is 81.5 Å². The van der Waals surface area contributed by atoms with Crippen molar-refractivity contribution >= 4 is 35.2 Å². The lowest BCUT2D eigenvalue weighted by molar-refractivity contribution is -0.155. The van der Waals surface area contributed by atoms with Crippen molar-refractivity contribution in [3.05, 3.63) is 82.5 Å². The normalized spacial score (nSPS) is 15.5. The summed E-state index contributed by atoms with van der Waals surface area (Å²) in [7, 11) is 0. The van der Waals surface area contributed by atoms with Crippen LogP contribution in [0.25, 0.3) is 0 Å². The van der Waals surface area contributed by atoms with E-state index in [2.05, 4.69) is 4.98 Å². The fourth-order valence-electron chi connectivity index (χ4n) is 5.79. The molecule has 3 heterocycles. The summed E-state index contributed by atoms with van der Waals surface area (Å²) >= 11 is 1.65. The zero-order valence-electron chi connectivity index (χ0n) is 27.0. The molecule has 1 atom stereocenters. The molecular weight excluding hydrogens is 640 g/mol. The number of thioether (sulfide) groups is 1. The lowest BCUT2D eigenvalue weighted by Gasteiger charge is -2.33. The Hall–Kier alpha value is -4.70. The predicted octanol–water partition coefficient (Wildman–Crippen LogP) is 5.50. The molecule has 3 aromatic rings. The molecule has 252 valence electrons. The highest BCUT2D eigenvalue weighted by atomic mass is 32.2. The van der Waals surface area contributed by atoms with Gasteiger partial charge in [-0.25, -0.2) is 13.8 Å². The van der Waals surface area contributed by atoms with E-state index in [-0.39, 0.29) is 37.3 Å². The van der Waals surface area contributed by atoms with Crippen LogP contribution in [0, 0.1) is 23.0 Å². The predicted molar refractivity (Wildman–Crippen MR) is 175 cm³/mol. The first kappa shape index (κ1) is 34.6. The van der Waals surface area contributed by atoms with E-state index >= 15 is 0 Å². The Morgan fingerprint density at radius 3 is 2.52 bits per heavy atom. The highest BCUT2D eigenvalue weighted by Crippen LogP contribution is 2.35. The lowest BCUT2D eigenvalue weighted by Crippen LogP contribution is -2.45. The van der Waals surface area contributed by atoms with E-state index in [9.17, 15) is 23.2 Å². The number of ether oxygens (including phenoxy) is 2. The number of hydrogen-bond acceptors (Lipinski definition) is 9. The van der Waals surface area contributed by atoms with Gasteiger partial charge >= 0.3 is 5.97 Å². The smallest absolute Gasteiger partial charge is 0.306 e. The number of amides is 2. The largest absolute Gasteiger partial charge is 0.488 e. The van der Waals surface area contributed by atoms with E-state index in [1.165, 1.54) is 17.0 Å². The molecule has 0 spiro atoms. The molecule has 13 heteroatoms. The van der Waals surface area contributed by atoms with Crippen molar-refractivity contribution in [1.29, 1.82) is 5.26 Å². The number of nitriles is 1. The molecule has 0 aliphatic carbocycles. The minimum Gasteiger partial charge on any atom is -0.488 e. The topological polar surface area (TPSA) is 139 Å². The highest BCUT2D eigenvalue weighted by molar-refractivity contribution is 7.99. The molecule has 10 nitrogen and oxygen atoms in total. The van der Waals surface area contributed by atoms with Crippen molar-refractivity contribution in [1.82, 2.24) is 9.88 Å². The molecule has 5 rings (SSSR count). The molecule has 1 saturated heterocycles. The zero-order valence-corrected chi connectivity index (χ0v) is 27.8. The number of piperidine rings is 1. The number of halogens is 2. The molecule has 0 bridgehead atoms. The second-order valence-electron chi connectivity index (χ2n) is 12.8. The van der Waals surface area contributed by atoms with Crippen LogP contribution >= 0.6 is 11.8 Å². The molecule has 0 saturated carbocycles. The second kappa shape index (κ2) is 14.6. The Morgan fingerprint density at radius 2 is 1.90 bits per heavy atom. The molecule has 2 N–H and O–H groups in total. The van der Waals surface area contributed by atoms with Crippen LogP contribution in [0.15, 0.2) is 53.7 Å². The summed E-state index contributed by atoms with van der Waals surface area (Å²) in [6.07, 6.45) is 3.21. The van der Waals surface area contributed by atoms with Crippen molar-refractivity contribution < 1.29 is 32.6 Å². The highest BCUT2D eigenvalue weighted by Gasteiger charge is 2.38. The number of hydrogen-bond donors (Lipinski definition) is 1. The average molecular weight is 678 g/mol.